The third-order valence-corrected chi connectivity index (χ3v) is 2.65. The van der Waals surface area contributed by atoms with Crippen molar-refractivity contribution in [2.75, 3.05) is 19.6 Å². The molecule has 0 bridgehead atoms. The number of amides is 1. The highest BCUT2D eigenvalue weighted by atomic mass is 16.2. The van der Waals surface area contributed by atoms with Gasteiger partial charge in [-0.15, -0.1) is 0 Å². The van der Waals surface area contributed by atoms with Crippen LogP contribution in [0.3, 0.4) is 0 Å². The minimum Gasteiger partial charge on any atom is -0.341 e. The lowest BCUT2D eigenvalue weighted by molar-refractivity contribution is -0.133. The molecule has 1 saturated heterocycles. The van der Waals surface area contributed by atoms with Gasteiger partial charge in [0, 0.05) is 13.1 Å². The zero-order valence-corrected chi connectivity index (χ0v) is 8.20. The summed E-state index contributed by atoms with van der Waals surface area (Å²) < 4.78 is 0. The van der Waals surface area contributed by atoms with E-state index < -0.39 is 0 Å². The second-order valence-electron chi connectivity index (χ2n) is 3.79. The molecule has 0 radical (unpaired) electrons. The van der Waals surface area contributed by atoms with E-state index >= 15 is 0 Å². The van der Waals surface area contributed by atoms with Crippen LogP contribution in [0.25, 0.3) is 0 Å². The van der Waals surface area contributed by atoms with Gasteiger partial charge in [0.05, 0.1) is 6.04 Å². The maximum absolute atomic E-state index is 11.5. The van der Waals surface area contributed by atoms with Crippen LogP contribution < -0.4 is 11.5 Å². The summed E-state index contributed by atoms with van der Waals surface area (Å²) in [4.78, 5) is 13.3. The first-order valence-corrected chi connectivity index (χ1v) is 4.89. The summed E-state index contributed by atoms with van der Waals surface area (Å²) in [7, 11) is 0. The number of piperidine rings is 1. The molecule has 1 amide bonds. The van der Waals surface area contributed by atoms with Crippen molar-refractivity contribution in [1.29, 1.82) is 0 Å². The zero-order valence-electron chi connectivity index (χ0n) is 8.20. The molecule has 0 aromatic heterocycles. The summed E-state index contributed by atoms with van der Waals surface area (Å²) in [6.07, 6.45) is 2.05. The molecule has 1 aliphatic heterocycles. The van der Waals surface area contributed by atoms with E-state index in [1.165, 1.54) is 0 Å². The second kappa shape index (κ2) is 4.58. The third kappa shape index (κ3) is 2.67. The van der Waals surface area contributed by atoms with Gasteiger partial charge in [0.25, 0.3) is 0 Å². The summed E-state index contributed by atoms with van der Waals surface area (Å²) >= 11 is 0. The number of hydrogen-bond acceptors (Lipinski definition) is 3. The number of carbonyl (C=O) groups excluding carboxylic acids is 1. The Hall–Kier alpha value is -0.610. The predicted molar refractivity (Wildman–Crippen MR) is 52.0 cm³/mol. The van der Waals surface area contributed by atoms with Crippen LogP contribution in [0.5, 0.6) is 0 Å². The predicted octanol–water partition coefficient (Wildman–Crippen LogP) is -0.469. The van der Waals surface area contributed by atoms with Gasteiger partial charge in [-0.2, -0.15) is 0 Å². The van der Waals surface area contributed by atoms with Gasteiger partial charge in [0.15, 0.2) is 0 Å². The highest BCUT2D eigenvalue weighted by molar-refractivity contribution is 5.81. The van der Waals surface area contributed by atoms with Gasteiger partial charge in [0.2, 0.25) is 5.91 Å². The van der Waals surface area contributed by atoms with Gasteiger partial charge in [-0.05, 0) is 32.2 Å². The van der Waals surface area contributed by atoms with Gasteiger partial charge in [-0.3, -0.25) is 4.79 Å². The van der Waals surface area contributed by atoms with Crippen LogP contribution >= 0.6 is 0 Å². The number of rotatable bonds is 2. The summed E-state index contributed by atoms with van der Waals surface area (Å²) in [5.41, 5.74) is 11.1. The van der Waals surface area contributed by atoms with E-state index in [1.54, 1.807) is 6.92 Å². The molecule has 0 aromatic rings. The quantitative estimate of drug-likeness (QED) is 0.611. The highest BCUT2D eigenvalue weighted by Crippen LogP contribution is 2.15. The number of nitrogens with zero attached hydrogens (tertiary/aromatic N) is 1. The lowest BCUT2D eigenvalue weighted by atomic mass is 9.97. The smallest absolute Gasteiger partial charge is 0.239 e. The standard InChI is InChI=1S/C9H19N3O/c1-7(11)9(13)12-4-2-8(6-10)3-5-12/h7-8H,2-6,10-11H2,1H3/t7-/m1/s1. The number of carbonyl (C=O) groups is 1. The fourth-order valence-electron chi connectivity index (χ4n) is 1.68. The molecule has 4 N–H and O–H groups in total. The Kier molecular flexibility index (Phi) is 3.69. The minimum atomic E-state index is -0.366. The molecule has 1 fully saturated rings. The van der Waals surface area contributed by atoms with Crippen molar-refractivity contribution in [1.82, 2.24) is 4.90 Å². The van der Waals surface area contributed by atoms with Crippen molar-refractivity contribution in [2.24, 2.45) is 17.4 Å². The molecule has 1 aliphatic rings. The molecule has 13 heavy (non-hydrogen) atoms. The first kappa shape index (κ1) is 10.5. The van der Waals surface area contributed by atoms with Gasteiger partial charge in [-0.1, -0.05) is 0 Å². The van der Waals surface area contributed by atoms with E-state index in [4.69, 9.17) is 11.5 Å². The number of hydrogen-bond donors (Lipinski definition) is 2. The van der Waals surface area contributed by atoms with E-state index in [0.29, 0.717) is 5.92 Å². The van der Waals surface area contributed by atoms with Crippen molar-refractivity contribution >= 4 is 5.91 Å². The van der Waals surface area contributed by atoms with E-state index in [1.807, 2.05) is 4.90 Å². The Bertz CT molecular complexity index is 174. The molecular formula is C9H19N3O. The normalized spacial score (nSPS) is 21.6. The van der Waals surface area contributed by atoms with Gasteiger partial charge in [0.1, 0.15) is 0 Å². The molecule has 0 unspecified atom stereocenters. The summed E-state index contributed by atoms with van der Waals surface area (Å²) in [5.74, 6) is 0.660. The second-order valence-corrected chi connectivity index (χ2v) is 3.79. The summed E-state index contributed by atoms with van der Waals surface area (Å²) in [5, 5.41) is 0. The van der Waals surface area contributed by atoms with Crippen LogP contribution in [0.1, 0.15) is 19.8 Å². The van der Waals surface area contributed by atoms with E-state index in [0.717, 1.165) is 32.5 Å². The summed E-state index contributed by atoms with van der Waals surface area (Å²) in [6.45, 7) is 4.11. The van der Waals surface area contributed by atoms with Crippen molar-refractivity contribution < 1.29 is 4.79 Å². The molecule has 1 heterocycles. The van der Waals surface area contributed by atoms with Crippen LogP contribution in [0.15, 0.2) is 0 Å². The lowest BCUT2D eigenvalue weighted by Gasteiger charge is -2.32. The molecular weight excluding hydrogens is 166 g/mol. The zero-order chi connectivity index (χ0) is 9.84. The molecule has 0 aliphatic carbocycles. The van der Waals surface area contributed by atoms with Crippen LogP contribution in [0.4, 0.5) is 0 Å². The highest BCUT2D eigenvalue weighted by Gasteiger charge is 2.23. The first-order valence-electron chi connectivity index (χ1n) is 4.89. The van der Waals surface area contributed by atoms with E-state index in [-0.39, 0.29) is 11.9 Å². The molecule has 76 valence electrons. The molecule has 1 atom stereocenters. The molecule has 0 saturated carbocycles. The van der Waals surface area contributed by atoms with Crippen molar-refractivity contribution in [3.8, 4) is 0 Å². The fourth-order valence-corrected chi connectivity index (χ4v) is 1.68. The Balaban J connectivity index is 2.36. The Morgan fingerprint density at radius 1 is 1.54 bits per heavy atom. The lowest BCUT2D eigenvalue weighted by Crippen LogP contribution is -2.46. The van der Waals surface area contributed by atoms with Crippen molar-refractivity contribution in [2.45, 2.75) is 25.8 Å². The van der Waals surface area contributed by atoms with Crippen LogP contribution in [0.2, 0.25) is 0 Å². The van der Waals surface area contributed by atoms with Crippen molar-refractivity contribution in [3.63, 3.8) is 0 Å². The molecule has 4 heteroatoms. The molecule has 4 nitrogen and oxygen atoms in total. The molecule has 0 spiro atoms. The number of likely N-dealkylation sites (tertiary alicyclic amines) is 1. The maximum Gasteiger partial charge on any atom is 0.239 e. The van der Waals surface area contributed by atoms with Crippen LogP contribution in [0, 0.1) is 5.92 Å². The topological polar surface area (TPSA) is 72.4 Å². The average Bonchev–Trinajstić information content (AvgIpc) is 2.17. The third-order valence-electron chi connectivity index (χ3n) is 2.65. The van der Waals surface area contributed by atoms with Gasteiger partial charge < -0.3 is 16.4 Å². The minimum absolute atomic E-state index is 0.0653. The van der Waals surface area contributed by atoms with E-state index in [2.05, 4.69) is 0 Å². The largest absolute Gasteiger partial charge is 0.341 e. The Morgan fingerprint density at radius 3 is 2.46 bits per heavy atom. The SMILES string of the molecule is C[C@@H](N)C(=O)N1CCC(CN)CC1. The monoisotopic (exact) mass is 185 g/mol. The maximum atomic E-state index is 11.5. The Labute approximate surface area is 79.3 Å². The Morgan fingerprint density at radius 2 is 2.08 bits per heavy atom. The fraction of sp³-hybridized carbons (Fsp3) is 0.889. The van der Waals surface area contributed by atoms with E-state index in [9.17, 15) is 4.79 Å². The van der Waals surface area contributed by atoms with Gasteiger partial charge >= 0.3 is 0 Å². The van der Waals surface area contributed by atoms with Crippen LogP contribution in [-0.2, 0) is 4.79 Å². The van der Waals surface area contributed by atoms with Gasteiger partial charge in [-0.25, -0.2) is 0 Å². The number of nitrogens with two attached hydrogens (primary N) is 2. The average molecular weight is 185 g/mol. The van der Waals surface area contributed by atoms with Crippen molar-refractivity contribution in [3.05, 3.63) is 0 Å². The van der Waals surface area contributed by atoms with Crippen LogP contribution in [-0.4, -0.2) is 36.5 Å². The first-order chi connectivity index (χ1) is 6.15. The molecule has 1 rings (SSSR count). The molecule has 0 aromatic carbocycles. The summed E-state index contributed by atoms with van der Waals surface area (Å²) in [6, 6.07) is -0.366.